The lowest BCUT2D eigenvalue weighted by molar-refractivity contribution is -0.118. The summed E-state index contributed by atoms with van der Waals surface area (Å²) in [4.78, 5) is 27.3. The summed E-state index contributed by atoms with van der Waals surface area (Å²) in [5, 5.41) is 19.8. The number of rotatable bonds is 4. The Hall–Kier alpha value is -3.24. The van der Waals surface area contributed by atoms with Gasteiger partial charge in [-0.25, -0.2) is 4.79 Å². The third-order valence-electron chi connectivity index (χ3n) is 4.05. The van der Waals surface area contributed by atoms with Crippen molar-refractivity contribution in [1.29, 1.82) is 5.26 Å². The van der Waals surface area contributed by atoms with Crippen LogP contribution in [-0.2, 0) is 9.53 Å². The van der Waals surface area contributed by atoms with Crippen LogP contribution in [0.4, 0.5) is 5.69 Å². The zero-order chi connectivity index (χ0) is 19.6. The van der Waals surface area contributed by atoms with Crippen molar-refractivity contribution in [3.8, 4) is 11.8 Å². The van der Waals surface area contributed by atoms with Gasteiger partial charge in [-0.2, -0.15) is 5.26 Å². The molecule has 0 aromatic heterocycles. The molecule has 0 radical (unpaired) electrons. The number of nitriles is 1. The Balaban J connectivity index is 1.75. The highest BCUT2D eigenvalue weighted by Crippen LogP contribution is 2.46. The monoisotopic (exact) mass is 380 g/mol. The summed E-state index contributed by atoms with van der Waals surface area (Å²) in [5.74, 6) is -1.63. The van der Waals surface area contributed by atoms with E-state index < -0.39 is 18.4 Å². The SMILES string of the molecule is Cc1ccc(C(=O)OCC(=O)/C(C#N)=C2\Sc3ccccc3N2C)c(O)c1. The Morgan fingerprint density at radius 1 is 1.26 bits per heavy atom. The molecule has 0 aliphatic carbocycles. The van der Waals surface area contributed by atoms with E-state index in [0.717, 1.165) is 16.1 Å². The summed E-state index contributed by atoms with van der Waals surface area (Å²) in [6.45, 7) is 1.20. The third kappa shape index (κ3) is 3.66. The second kappa shape index (κ2) is 7.56. The maximum absolute atomic E-state index is 12.5. The van der Waals surface area contributed by atoms with Crippen LogP contribution in [0.3, 0.4) is 0 Å². The van der Waals surface area contributed by atoms with Gasteiger partial charge in [-0.05, 0) is 36.8 Å². The zero-order valence-corrected chi connectivity index (χ0v) is 15.5. The number of esters is 1. The molecule has 6 nitrogen and oxygen atoms in total. The fourth-order valence-corrected chi connectivity index (χ4v) is 3.81. The van der Waals surface area contributed by atoms with Crippen molar-refractivity contribution in [3.63, 3.8) is 0 Å². The van der Waals surface area contributed by atoms with E-state index in [1.807, 2.05) is 30.3 Å². The van der Waals surface area contributed by atoms with E-state index in [1.54, 1.807) is 24.9 Å². The third-order valence-corrected chi connectivity index (χ3v) is 5.29. The quantitative estimate of drug-likeness (QED) is 0.494. The molecule has 0 atom stereocenters. The Bertz CT molecular complexity index is 1010. The van der Waals surface area contributed by atoms with Crippen LogP contribution >= 0.6 is 11.8 Å². The van der Waals surface area contributed by atoms with Gasteiger partial charge in [0.1, 0.15) is 28.0 Å². The summed E-state index contributed by atoms with van der Waals surface area (Å²) >= 11 is 1.32. The second-order valence-corrected chi connectivity index (χ2v) is 6.97. The maximum atomic E-state index is 12.5. The first-order chi connectivity index (χ1) is 12.9. The molecular weight excluding hydrogens is 364 g/mol. The molecule has 0 spiro atoms. The van der Waals surface area contributed by atoms with Gasteiger partial charge in [-0.3, -0.25) is 4.79 Å². The normalized spacial score (nSPS) is 14.3. The Morgan fingerprint density at radius 2 is 2.00 bits per heavy atom. The first-order valence-electron chi connectivity index (χ1n) is 8.07. The lowest BCUT2D eigenvalue weighted by Gasteiger charge is -2.14. The van der Waals surface area contributed by atoms with Crippen LogP contribution in [0.5, 0.6) is 5.75 Å². The van der Waals surface area contributed by atoms with E-state index in [4.69, 9.17) is 4.74 Å². The second-order valence-electron chi connectivity index (χ2n) is 5.94. The van der Waals surface area contributed by atoms with E-state index >= 15 is 0 Å². The number of fused-ring (bicyclic) bond motifs is 1. The number of ether oxygens (including phenoxy) is 1. The largest absolute Gasteiger partial charge is 0.507 e. The average Bonchev–Trinajstić information content (AvgIpc) is 2.97. The first kappa shape index (κ1) is 18.5. The molecule has 0 fully saturated rings. The molecule has 1 heterocycles. The number of benzene rings is 2. The minimum atomic E-state index is -0.821. The number of Topliss-reactive ketones (excluding diaryl/α,β-unsaturated/α-hetero) is 1. The van der Waals surface area contributed by atoms with Crippen LogP contribution in [0.25, 0.3) is 0 Å². The van der Waals surface area contributed by atoms with E-state index in [9.17, 15) is 20.0 Å². The molecule has 1 aliphatic rings. The van der Waals surface area contributed by atoms with Crippen molar-refractivity contribution >= 4 is 29.2 Å². The van der Waals surface area contributed by atoms with Crippen LogP contribution in [0.1, 0.15) is 15.9 Å². The number of aromatic hydroxyl groups is 1. The van der Waals surface area contributed by atoms with Crippen molar-refractivity contribution in [2.45, 2.75) is 11.8 Å². The number of anilines is 1. The van der Waals surface area contributed by atoms with Gasteiger partial charge in [-0.1, -0.05) is 30.0 Å². The highest BCUT2D eigenvalue weighted by molar-refractivity contribution is 8.03. The van der Waals surface area contributed by atoms with E-state index in [1.165, 1.54) is 23.9 Å². The Kier molecular flexibility index (Phi) is 5.19. The van der Waals surface area contributed by atoms with Gasteiger partial charge in [0.2, 0.25) is 5.78 Å². The fourth-order valence-electron chi connectivity index (χ4n) is 2.65. The first-order valence-corrected chi connectivity index (χ1v) is 8.89. The molecule has 0 unspecified atom stereocenters. The van der Waals surface area contributed by atoms with Gasteiger partial charge in [0.25, 0.3) is 0 Å². The lowest BCUT2D eigenvalue weighted by Crippen LogP contribution is -2.20. The zero-order valence-electron chi connectivity index (χ0n) is 14.7. The molecule has 3 rings (SSSR count). The topological polar surface area (TPSA) is 90.6 Å². The minimum Gasteiger partial charge on any atom is -0.507 e. The summed E-state index contributed by atoms with van der Waals surface area (Å²) in [5.41, 5.74) is 1.59. The Labute approximate surface area is 160 Å². The van der Waals surface area contributed by atoms with Crippen molar-refractivity contribution < 1.29 is 19.4 Å². The highest BCUT2D eigenvalue weighted by atomic mass is 32.2. The summed E-state index contributed by atoms with van der Waals surface area (Å²) in [6, 6.07) is 14.0. The van der Waals surface area contributed by atoms with Crippen LogP contribution in [0.15, 0.2) is 58.0 Å². The molecular formula is C20H16N2O4S. The van der Waals surface area contributed by atoms with Gasteiger partial charge in [-0.15, -0.1) is 0 Å². The number of carbonyl (C=O) groups excluding carboxylic acids is 2. The number of phenols is 1. The molecule has 0 amide bonds. The van der Waals surface area contributed by atoms with E-state index in [2.05, 4.69) is 0 Å². The number of aryl methyl sites for hydroxylation is 1. The molecule has 136 valence electrons. The molecule has 7 heteroatoms. The Morgan fingerprint density at radius 3 is 2.67 bits per heavy atom. The van der Waals surface area contributed by atoms with Gasteiger partial charge < -0.3 is 14.7 Å². The number of phenolic OH excluding ortho intramolecular Hbond substituents is 1. The fraction of sp³-hybridized carbons (Fsp3) is 0.150. The summed E-state index contributed by atoms with van der Waals surface area (Å²) < 4.78 is 5.00. The number of carbonyl (C=O) groups is 2. The van der Waals surface area contributed by atoms with Crippen molar-refractivity contribution in [2.24, 2.45) is 0 Å². The number of thioether (sulfide) groups is 1. The minimum absolute atomic E-state index is 0.0284. The number of nitrogens with zero attached hydrogens (tertiary/aromatic N) is 2. The summed E-state index contributed by atoms with van der Waals surface area (Å²) in [6.07, 6.45) is 0. The number of hydrogen-bond donors (Lipinski definition) is 1. The van der Waals surface area contributed by atoms with Crippen LogP contribution in [0, 0.1) is 18.3 Å². The van der Waals surface area contributed by atoms with Crippen molar-refractivity contribution in [1.82, 2.24) is 0 Å². The smallest absolute Gasteiger partial charge is 0.342 e. The summed E-state index contributed by atoms with van der Waals surface area (Å²) in [7, 11) is 1.77. The van der Waals surface area contributed by atoms with E-state index in [0.29, 0.717) is 5.03 Å². The lowest BCUT2D eigenvalue weighted by atomic mass is 10.1. The van der Waals surface area contributed by atoms with Crippen LogP contribution in [0.2, 0.25) is 0 Å². The molecule has 0 saturated carbocycles. The molecule has 1 N–H and O–H groups in total. The average molecular weight is 380 g/mol. The van der Waals surface area contributed by atoms with Crippen LogP contribution < -0.4 is 4.90 Å². The van der Waals surface area contributed by atoms with Crippen LogP contribution in [-0.4, -0.2) is 30.5 Å². The number of ketones is 1. The van der Waals surface area contributed by atoms with Gasteiger partial charge >= 0.3 is 5.97 Å². The van der Waals surface area contributed by atoms with E-state index in [-0.39, 0.29) is 16.9 Å². The number of para-hydroxylation sites is 1. The number of hydrogen-bond acceptors (Lipinski definition) is 7. The van der Waals surface area contributed by atoms with Gasteiger partial charge in [0, 0.05) is 11.9 Å². The van der Waals surface area contributed by atoms with Gasteiger partial charge in [0.05, 0.1) is 5.69 Å². The highest BCUT2D eigenvalue weighted by Gasteiger charge is 2.28. The predicted molar refractivity (Wildman–Crippen MR) is 101 cm³/mol. The van der Waals surface area contributed by atoms with Gasteiger partial charge in [0.15, 0.2) is 6.61 Å². The van der Waals surface area contributed by atoms with Crippen molar-refractivity contribution in [2.75, 3.05) is 18.6 Å². The molecule has 1 aliphatic heterocycles. The molecule has 0 bridgehead atoms. The maximum Gasteiger partial charge on any atom is 0.342 e. The standard InChI is InChI=1S/C20H16N2O4S/c1-12-7-8-13(16(23)9-12)20(25)26-11-17(24)14(10-21)19-22(2)15-5-3-4-6-18(15)27-19/h3-9,23H,11H2,1-2H3/b19-14-. The molecule has 2 aromatic rings. The molecule has 2 aromatic carbocycles. The van der Waals surface area contributed by atoms with Crippen molar-refractivity contribution in [3.05, 3.63) is 64.2 Å². The predicted octanol–water partition coefficient (Wildman–Crippen LogP) is 3.40. The molecule has 0 saturated heterocycles. The molecule has 27 heavy (non-hydrogen) atoms.